The van der Waals surface area contributed by atoms with E-state index >= 15 is 0 Å². The van der Waals surface area contributed by atoms with E-state index in [4.69, 9.17) is 11.6 Å². The molecule has 1 aromatic rings. The fraction of sp³-hybridized carbons (Fsp3) is 0.533. The van der Waals surface area contributed by atoms with Gasteiger partial charge in [0.2, 0.25) is 5.91 Å². The largest absolute Gasteiger partial charge is 0.352 e. The molecule has 1 spiro atoms. The molecule has 3 nitrogen and oxygen atoms in total. The maximum Gasteiger partial charge on any atom is 0.223 e. The van der Waals surface area contributed by atoms with Gasteiger partial charge in [-0.3, -0.25) is 4.79 Å². The van der Waals surface area contributed by atoms with Gasteiger partial charge in [-0.25, -0.2) is 4.39 Å². The highest BCUT2D eigenvalue weighted by atomic mass is 35.5. The molecule has 1 aliphatic heterocycles. The third-order valence-electron chi connectivity index (χ3n) is 4.56. The Balaban J connectivity index is 0.00000161. The highest BCUT2D eigenvalue weighted by Gasteiger charge is 2.57. The van der Waals surface area contributed by atoms with Crippen molar-refractivity contribution in [2.24, 2.45) is 11.3 Å². The Bertz CT molecular complexity index is 532. The quantitative estimate of drug-likeness (QED) is 0.893. The molecule has 1 aromatic carbocycles. The summed E-state index contributed by atoms with van der Waals surface area (Å²) in [5.74, 6) is -0.162. The van der Waals surface area contributed by atoms with Crippen molar-refractivity contribution in [2.45, 2.75) is 25.8 Å². The van der Waals surface area contributed by atoms with Crippen LogP contribution >= 0.6 is 24.0 Å². The Morgan fingerprint density at radius 2 is 2.14 bits per heavy atom. The lowest BCUT2D eigenvalue weighted by atomic mass is 9.92. The molecule has 2 aliphatic rings. The van der Waals surface area contributed by atoms with E-state index in [1.807, 2.05) is 0 Å². The first-order valence-corrected chi connectivity index (χ1v) is 7.41. The monoisotopic (exact) mass is 332 g/mol. The van der Waals surface area contributed by atoms with Crippen molar-refractivity contribution < 1.29 is 9.18 Å². The summed E-state index contributed by atoms with van der Waals surface area (Å²) < 4.78 is 13.0. The fourth-order valence-corrected chi connectivity index (χ4v) is 3.36. The van der Waals surface area contributed by atoms with Crippen molar-refractivity contribution in [2.75, 3.05) is 13.1 Å². The van der Waals surface area contributed by atoms with E-state index in [0.717, 1.165) is 37.9 Å². The van der Waals surface area contributed by atoms with E-state index in [0.29, 0.717) is 6.54 Å². The minimum atomic E-state index is -0.433. The van der Waals surface area contributed by atoms with Gasteiger partial charge in [-0.1, -0.05) is 17.7 Å². The average Bonchev–Trinajstić information content (AvgIpc) is 3.14. The molecule has 2 fully saturated rings. The molecule has 0 radical (unpaired) electrons. The van der Waals surface area contributed by atoms with Crippen molar-refractivity contribution in [3.05, 3.63) is 34.6 Å². The summed E-state index contributed by atoms with van der Waals surface area (Å²) in [6.45, 7) is 2.43. The second-order valence-electron chi connectivity index (χ2n) is 5.84. The molecular formula is C15H19Cl2FN2O. The van der Waals surface area contributed by atoms with Crippen molar-refractivity contribution in [3.63, 3.8) is 0 Å². The van der Waals surface area contributed by atoms with Crippen LogP contribution in [0.1, 0.15) is 24.8 Å². The molecule has 21 heavy (non-hydrogen) atoms. The second kappa shape index (κ2) is 6.51. The van der Waals surface area contributed by atoms with Gasteiger partial charge in [0.25, 0.3) is 0 Å². The molecule has 6 heteroatoms. The summed E-state index contributed by atoms with van der Waals surface area (Å²) >= 11 is 5.73. The average molecular weight is 333 g/mol. The summed E-state index contributed by atoms with van der Waals surface area (Å²) in [6, 6.07) is 4.54. The van der Waals surface area contributed by atoms with Gasteiger partial charge in [0.05, 0.1) is 5.02 Å². The summed E-state index contributed by atoms with van der Waals surface area (Å²) in [7, 11) is 0. The van der Waals surface area contributed by atoms with Gasteiger partial charge in [-0.2, -0.15) is 0 Å². The van der Waals surface area contributed by atoms with Gasteiger partial charge >= 0.3 is 0 Å². The molecular weight excluding hydrogens is 314 g/mol. The number of piperidine rings is 1. The van der Waals surface area contributed by atoms with E-state index in [1.165, 1.54) is 6.07 Å². The van der Waals surface area contributed by atoms with Crippen LogP contribution in [-0.4, -0.2) is 19.0 Å². The lowest BCUT2D eigenvalue weighted by molar-refractivity contribution is -0.123. The standard InChI is InChI=1S/C15H18ClFN2O.ClH/c16-12-7-10(1-2-13(12)17)9-19-14(20)11-8-15(11)3-5-18-6-4-15;/h1-2,7,11,18H,3-6,8-9H2,(H,19,20);1H. The Hall–Kier alpha value is -0.840. The number of rotatable bonds is 3. The van der Waals surface area contributed by atoms with Crippen LogP contribution < -0.4 is 10.6 Å². The van der Waals surface area contributed by atoms with Crippen molar-refractivity contribution >= 4 is 29.9 Å². The Morgan fingerprint density at radius 1 is 1.43 bits per heavy atom. The topological polar surface area (TPSA) is 41.1 Å². The molecule has 2 N–H and O–H groups in total. The highest BCUT2D eigenvalue weighted by molar-refractivity contribution is 6.30. The van der Waals surface area contributed by atoms with Gasteiger partial charge in [-0.05, 0) is 55.5 Å². The first-order chi connectivity index (χ1) is 9.61. The van der Waals surface area contributed by atoms with E-state index < -0.39 is 5.82 Å². The van der Waals surface area contributed by atoms with Gasteiger partial charge in [0.15, 0.2) is 0 Å². The zero-order valence-corrected chi connectivity index (χ0v) is 13.2. The minimum Gasteiger partial charge on any atom is -0.352 e. The molecule has 3 rings (SSSR count). The van der Waals surface area contributed by atoms with Gasteiger partial charge < -0.3 is 10.6 Å². The summed E-state index contributed by atoms with van der Waals surface area (Å²) in [5, 5.41) is 6.36. The van der Waals surface area contributed by atoms with Crippen LogP contribution in [0, 0.1) is 17.2 Å². The van der Waals surface area contributed by atoms with E-state index in [-0.39, 0.29) is 34.7 Å². The van der Waals surface area contributed by atoms with Crippen LogP contribution in [0.25, 0.3) is 0 Å². The lowest BCUT2D eigenvalue weighted by Gasteiger charge is -2.23. The molecule has 1 amide bonds. The molecule has 0 bridgehead atoms. The van der Waals surface area contributed by atoms with Crippen LogP contribution in [0.2, 0.25) is 5.02 Å². The number of amides is 1. The van der Waals surface area contributed by atoms with Crippen molar-refractivity contribution in [1.29, 1.82) is 0 Å². The lowest BCUT2D eigenvalue weighted by Crippen LogP contribution is -2.33. The highest BCUT2D eigenvalue weighted by Crippen LogP contribution is 2.58. The Kier molecular flexibility index (Phi) is 5.12. The Labute approximate surface area is 135 Å². The SMILES string of the molecule is Cl.O=C(NCc1ccc(F)c(Cl)c1)C1CC12CCNCC2. The third kappa shape index (κ3) is 3.50. The molecule has 1 unspecified atom stereocenters. The van der Waals surface area contributed by atoms with Crippen LogP contribution in [0.4, 0.5) is 4.39 Å². The van der Waals surface area contributed by atoms with Crippen LogP contribution in [0.15, 0.2) is 18.2 Å². The normalized spacial score (nSPS) is 22.5. The summed E-state index contributed by atoms with van der Waals surface area (Å²) in [6.07, 6.45) is 3.19. The third-order valence-corrected chi connectivity index (χ3v) is 4.85. The summed E-state index contributed by atoms with van der Waals surface area (Å²) in [4.78, 5) is 12.2. The number of hydrogen-bond acceptors (Lipinski definition) is 2. The number of carbonyl (C=O) groups excluding carboxylic acids is 1. The van der Waals surface area contributed by atoms with E-state index in [9.17, 15) is 9.18 Å². The fourth-order valence-electron chi connectivity index (χ4n) is 3.16. The summed E-state index contributed by atoms with van der Waals surface area (Å²) in [5.41, 5.74) is 1.07. The number of benzene rings is 1. The molecule has 116 valence electrons. The van der Waals surface area contributed by atoms with Gasteiger partial charge in [0.1, 0.15) is 5.82 Å². The zero-order chi connectivity index (χ0) is 14.2. The van der Waals surface area contributed by atoms with Crippen molar-refractivity contribution in [1.82, 2.24) is 10.6 Å². The van der Waals surface area contributed by atoms with Crippen LogP contribution in [0.5, 0.6) is 0 Å². The molecule has 1 aliphatic carbocycles. The van der Waals surface area contributed by atoms with Crippen LogP contribution in [-0.2, 0) is 11.3 Å². The molecule has 1 saturated carbocycles. The maximum atomic E-state index is 13.0. The maximum absolute atomic E-state index is 13.0. The van der Waals surface area contributed by atoms with E-state index in [2.05, 4.69) is 10.6 Å². The Morgan fingerprint density at radius 3 is 2.81 bits per heavy atom. The first kappa shape index (κ1) is 16.5. The first-order valence-electron chi connectivity index (χ1n) is 7.03. The van der Waals surface area contributed by atoms with Gasteiger partial charge in [-0.15, -0.1) is 12.4 Å². The second-order valence-corrected chi connectivity index (χ2v) is 6.24. The van der Waals surface area contributed by atoms with E-state index in [1.54, 1.807) is 12.1 Å². The van der Waals surface area contributed by atoms with Crippen LogP contribution in [0.3, 0.4) is 0 Å². The smallest absolute Gasteiger partial charge is 0.223 e. The molecule has 0 aromatic heterocycles. The molecule has 1 saturated heterocycles. The zero-order valence-electron chi connectivity index (χ0n) is 11.6. The predicted octanol–water partition coefficient (Wildman–Crippen LogP) is 2.91. The number of carbonyl (C=O) groups is 1. The predicted molar refractivity (Wildman–Crippen MR) is 83.1 cm³/mol. The van der Waals surface area contributed by atoms with Gasteiger partial charge in [0, 0.05) is 12.5 Å². The molecule has 1 atom stereocenters. The number of halogens is 3. The number of nitrogens with one attached hydrogen (secondary N) is 2. The number of hydrogen-bond donors (Lipinski definition) is 2. The van der Waals surface area contributed by atoms with Crippen molar-refractivity contribution in [3.8, 4) is 0 Å². The molecule has 1 heterocycles. The minimum absolute atomic E-state index is 0.